The van der Waals surface area contributed by atoms with Crippen LogP contribution in [-0.2, 0) is 0 Å². The zero-order valence-corrected chi connectivity index (χ0v) is 5.13. The molecule has 0 amide bonds. The van der Waals surface area contributed by atoms with Crippen molar-refractivity contribution < 1.29 is 8.96 Å². The van der Waals surface area contributed by atoms with Gasteiger partial charge < -0.3 is 0 Å². The summed E-state index contributed by atoms with van der Waals surface area (Å²) in [4.78, 5) is 0. The van der Waals surface area contributed by atoms with E-state index >= 15 is 0 Å². The normalized spacial score (nSPS) is 19.9. The second kappa shape index (κ2) is 3.20. The van der Waals surface area contributed by atoms with Crippen molar-refractivity contribution >= 4 is 12.4 Å². The molecule has 0 spiro atoms. The summed E-state index contributed by atoms with van der Waals surface area (Å²) in [5.74, 6) is 0. The Kier molecular flexibility index (Phi) is 3.24. The summed E-state index contributed by atoms with van der Waals surface area (Å²) in [7, 11) is 0. The van der Waals surface area contributed by atoms with Crippen LogP contribution in [0.15, 0.2) is 0 Å². The minimum Gasteiger partial charge on any atom is -0.147 e. The maximum absolute atomic E-state index is 11.3. The van der Waals surface area contributed by atoms with E-state index in [1.54, 1.807) is 0 Å². The van der Waals surface area contributed by atoms with Gasteiger partial charge in [0, 0.05) is 5.34 Å². The van der Waals surface area contributed by atoms with Crippen molar-refractivity contribution in [1.29, 1.82) is 0 Å². The van der Waals surface area contributed by atoms with Crippen LogP contribution in [0.25, 0.3) is 0 Å². The van der Waals surface area contributed by atoms with E-state index in [4.69, 9.17) is 0 Å². The first-order chi connectivity index (χ1) is 3.30. The smallest absolute Gasteiger partial charge is 0.0730 e. The molecule has 4 heteroatoms. The molecule has 0 heterocycles. The van der Waals surface area contributed by atoms with Gasteiger partial charge in [0.1, 0.15) is 0 Å². The fourth-order valence-electron chi connectivity index (χ4n) is 0.582. The molecule has 8 heavy (non-hydrogen) atoms. The van der Waals surface area contributed by atoms with E-state index in [0.717, 1.165) is 6.42 Å². The van der Waals surface area contributed by atoms with Crippen molar-refractivity contribution in [1.82, 2.24) is 5.34 Å². The van der Waals surface area contributed by atoms with Crippen LogP contribution in [0.2, 0.25) is 0 Å². The van der Waals surface area contributed by atoms with Crippen LogP contribution in [0.5, 0.6) is 0 Å². The molecule has 1 nitrogen and oxygen atoms in total. The maximum Gasteiger partial charge on any atom is 0.0730 e. The van der Waals surface area contributed by atoms with Gasteiger partial charge in [0.15, 0.2) is 0 Å². The Labute approximate surface area is 52.9 Å². The third-order valence-electron chi connectivity index (χ3n) is 1.35. The number of halogens is 3. The Morgan fingerprint density at radius 1 is 1.25 bits per heavy atom. The molecule has 0 unspecified atom stereocenters. The van der Waals surface area contributed by atoms with Crippen LogP contribution in [0.1, 0.15) is 19.3 Å². The molecule has 1 aliphatic carbocycles. The molecule has 0 radical (unpaired) electrons. The monoisotopic (exact) mass is 143 g/mol. The predicted molar refractivity (Wildman–Crippen MR) is 28.9 cm³/mol. The SMILES string of the molecule is Cl.FN(F)C1CCC1. The highest BCUT2D eigenvalue weighted by molar-refractivity contribution is 5.85. The second-order valence-corrected chi connectivity index (χ2v) is 1.84. The standard InChI is InChI=1S/C4H7F2N.ClH/c5-7(6)4-2-1-3-4;/h4H,1-3H2;1H. The minimum absolute atomic E-state index is 0. The third-order valence-corrected chi connectivity index (χ3v) is 1.35. The first-order valence-corrected chi connectivity index (χ1v) is 2.41. The molecule has 0 aromatic carbocycles. The molecular weight excluding hydrogens is 136 g/mol. The van der Waals surface area contributed by atoms with Crippen molar-refractivity contribution in [2.75, 3.05) is 0 Å². The van der Waals surface area contributed by atoms with E-state index in [0.29, 0.717) is 12.8 Å². The van der Waals surface area contributed by atoms with Gasteiger partial charge in [-0.3, -0.25) is 0 Å². The van der Waals surface area contributed by atoms with Gasteiger partial charge in [-0.2, -0.15) is 0 Å². The van der Waals surface area contributed by atoms with E-state index in [-0.39, 0.29) is 12.4 Å². The zero-order chi connectivity index (χ0) is 5.28. The van der Waals surface area contributed by atoms with Crippen molar-refractivity contribution in [2.24, 2.45) is 0 Å². The largest absolute Gasteiger partial charge is 0.147 e. The number of hydrogen-bond acceptors (Lipinski definition) is 1. The molecule has 50 valence electrons. The third kappa shape index (κ3) is 1.56. The average molecular weight is 144 g/mol. The van der Waals surface area contributed by atoms with Gasteiger partial charge in [-0.25, -0.2) is 0 Å². The fraction of sp³-hybridized carbons (Fsp3) is 1.00. The molecule has 1 rings (SSSR count). The van der Waals surface area contributed by atoms with E-state index in [1.165, 1.54) is 0 Å². The molecule has 1 saturated carbocycles. The molecule has 1 fully saturated rings. The fourth-order valence-corrected chi connectivity index (χ4v) is 0.582. The van der Waals surface area contributed by atoms with Gasteiger partial charge in [-0.15, -0.1) is 21.4 Å². The van der Waals surface area contributed by atoms with E-state index in [2.05, 4.69) is 0 Å². The maximum atomic E-state index is 11.3. The van der Waals surface area contributed by atoms with Gasteiger partial charge >= 0.3 is 0 Å². The summed E-state index contributed by atoms with van der Waals surface area (Å²) in [6.07, 6.45) is 2.31. The zero-order valence-electron chi connectivity index (χ0n) is 4.31. The van der Waals surface area contributed by atoms with Crippen molar-refractivity contribution in [2.45, 2.75) is 25.3 Å². The highest BCUT2D eigenvalue weighted by Crippen LogP contribution is 2.24. The highest BCUT2D eigenvalue weighted by atomic mass is 35.5. The lowest BCUT2D eigenvalue weighted by molar-refractivity contribution is -0.204. The lowest BCUT2D eigenvalue weighted by atomic mass is 9.94. The van der Waals surface area contributed by atoms with Gasteiger partial charge in [0.25, 0.3) is 0 Å². The molecule has 0 atom stereocenters. The van der Waals surface area contributed by atoms with Crippen LogP contribution < -0.4 is 0 Å². The Morgan fingerprint density at radius 3 is 1.75 bits per heavy atom. The number of hydrogen-bond donors (Lipinski definition) is 0. The summed E-state index contributed by atoms with van der Waals surface area (Å²) in [6, 6.07) is -0.417. The quantitative estimate of drug-likeness (QED) is 0.508. The van der Waals surface area contributed by atoms with E-state index in [9.17, 15) is 8.96 Å². The highest BCUT2D eigenvalue weighted by Gasteiger charge is 2.24. The topological polar surface area (TPSA) is 3.24 Å². The molecule has 0 bridgehead atoms. The van der Waals surface area contributed by atoms with Crippen molar-refractivity contribution in [3.63, 3.8) is 0 Å². The first kappa shape index (κ1) is 8.11. The summed E-state index contributed by atoms with van der Waals surface area (Å²) >= 11 is 0. The Morgan fingerprint density at radius 2 is 1.75 bits per heavy atom. The molecular formula is C4H8ClF2N. The Bertz CT molecular complexity index is 65.1. The van der Waals surface area contributed by atoms with Crippen LogP contribution in [-0.4, -0.2) is 11.4 Å². The Hall–Kier alpha value is 0.110. The Balaban J connectivity index is 0.000000490. The van der Waals surface area contributed by atoms with Crippen molar-refractivity contribution in [3.8, 4) is 0 Å². The molecule has 0 N–H and O–H groups in total. The van der Waals surface area contributed by atoms with Crippen LogP contribution in [0.4, 0.5) is 8.96 Å². The minimum atomic E-state index is -0.691. The molecule has 0 aromatic rings. The molecule has 0 aliphatic heterocycles. The summed E-state index contributed by atoms with van der Waals surface area (Å²) in [6.45, 7) is 0. The molecule has 1 aliphatic rings. The van der Waals surface area contributed by atoms with Crippen molar-refractivity contribution in [3.05, 3.63) is 0 Å². The first-order valence-electron chi connectivity index (χ1n) is 2.41. The molecule has 0 saturated heterocycles. The van der Waals surface area contributed by atoms with Gasteiger partial charge in [0.05, 0.1) is 6.04 Å². The lowest BCUT2D eigenvalue weighted by Gasteiger charge is -2.23. The van der Waals surface area contributed by atoms with Crippen LogP contribution in [0.3, 0.4) is 0 Å². The van der Waals surface area contributed by atoms with Gasteiger partial charge in [-0.1, -0.05) is 0 Å². The van der Waals surface area contributed by atoms with E-state index in [1.807, 2.05) is 0 Å². The summed E-state index contributed by atoms with van der Waals surface area (Å²) in [5.41, 5.74) is 0. The number of nitrogens with zero attached hydrogens (tertiary/aromatic N) is 1. The number of rotatable bonds is 1. The summed E-state index contributed by atoms with van der Waals surface area (Å²) in [5, 5.41) is -0.691. The molecule has 0 aromatic heterocycles. The van der Waals surface area contributed by atoms with Crippen LogP contribution in [0, 0.1) is 0 Å². The average Bonchev–Trinajstić information content (AvgIpc) is 1.23. The van der Waals surface area contributed by atoms with Crippen LogP contribution >= 0.6 is 12.4 Å². The second-order valence-electron chi connectivity index (χ2n) is 1.84. The summed E-state index contributed by atoms with van der Waals surface area (Å²) < 4.78 is 22.6. The lowest BCUT2D eigenvalue weighted by Crippen LogP contribution is -2.28. The van der Waals surface area contributed by atoms with E-state index < -0.39 is 11.4 Å². The van der Waals surface area contributed by atoms with Gasteiger partial charge in [0.2, 0.25) is 0 Å². The predicted octanol–water partition coefficient (Wildman–Crippen LogP) is 2.03. The van der Waals surface area contributed by atoms with Gasteiger partial charge in [-0.05, 0) is 19.3 Å².